The van der Waals surface area contributed by atoms with Gasteiger partial charge in [0.05, 0.1) is 6.10 Å². The third kappa shape index (κ3) is 3.17. The van der Waals surface area contributed by atoms with Crippen molar-refractivity contribution in [3.05, 3.63) is 23.9 Å². The van der Waals surface area contributed by atoms with Crippen LogP contribution in [0.15, 0.2) is 18.3 Å². The maximum atomic E-state index is 9.26. The molecule has 4 heteroatoms. The number of nitrogens with one attached hydrogen (secondary N) is 1. The van der Waals surface area contributed by atoms with E-state index in [9.17, 15) is 5.11 Å². The number of aliphatic hydroxyl groups excluding tert-OH is 1. The summed E-state index contributed by atoms with van der Waals surface area (Å²) in [6, 6.07) is 4.07. The van der Waals surface area contributed by atoms with Gasteiger partial charge in [0.25, 0.3) is 0 Å². The van der Waals surface area contributed by atoms with E-state index in [1.165, 1.54) is 5.56 Å². The summed E-state index contributed by atoms with van der Waals surface area (Å²) in [4.78, 5) is 6.60. The first-order valence-corrected chi connectivity index (χ1v) is 6.17. The summed E-state index contributed by atoms with van der Waals surface area (Å²) in [7, 11) is 4.02. The highest BCUT2D eigenvalue weighted by atomic mass is 16.3. The predicted octanol–water partition coefficient (Wildman–Crippen LogP) is 1.33. The van der Waals surface area contributed by atoms with Crippen LogP contribution in [-0.4, -0.2) is 41.7 Å². The maximum Gasteiger partial charge on any atom is 0.130 e. The molecule has 1 aromatic rings. The van der Waals surface area contributed by atoms with Crippen LogP contribution < -0.4 is 5.32 Å². The average Bonchev–Trinajstić information content (AvgIpc) is 2.27. The number of rotatable bonds is 5. The summed E-state index contributed by atoms with van der Waals surface area (Å²) in [5.74, 6) is 1.61. The number of anilines is 1. The number of hydrogen-bond acceptors (Lipinski definition) is 4. The molecule has 0 atom stereocenters. The molecule has 0 bridgehead atoms. The van der Waals surface area contributed by atoms with Crippen molar-refractivity contribution < 1.29 is 5.11 Å². The standard InChI is InChI=1S/C13H21N3O/c1-14-13-11(4-3-5-15-13)9-16(2)8-10-6-12(17)7-10/h3-5,10,12,17H,6-9H2,1-2H3,(H,14,15). The first kappa shape index (κ1) is 12.3. The minimum atomic E-state index is -0.0559. The first-order valence-electron chi connectivity index (χ1n) is 6.17. The number of nitrogens with zero attached hydrogens (tertiary/aromatic N) is 2. The zero-order valence-corrected chi connectivity index (χ0v) is 10.6. The van der Waals surface area contributed by atoms with Crippen molar-refractivity contribution in [3.63, 3.8) is 0 Å². The smallest absolute Gasteiger partial charge is 0.130 e. The van der Waals surface area contributed by atoms with Crippen molar-refractivity contribution in [3.8, 4) is 0 Å². The highest BCUT2D eigenvalue weighted by molar-refractivity contribution is 5.42. The van der Waals surface area contributed by atoms with E-state index in [2.05, 4.69) is 28.3 Å². The minimum Gasteiger partial charge on any atom is -0.393 e. The van der Waals surface area contributed by atoms with Crippen LogP contribution in [0.3, 0.4) is 0 Å². The van der Waals surface area contributed by atoms with Gasteiger partial charge < -0.3 is 15.3 Å². The Kier molecular flexibility index (Phi) is 3.97. The van der Waals surface area contributed by atoms with Crippen LogP contribution in [0.2, 0.25) is 0 Å². The fraction of sp³-hybridized carbons (Fsp3) is 0.615. The van der Waals surface area contributed by atoms with Gasteiger partial charge in [-0.3, -0.25) is 0 Å². The van der Waals surface area contributed by atoms with Gasteiger partial charge in [0, 0.05) is 31.9 Å². The number of aromatic nitrogens is 1. The van der Waals surface area contributed by atoms with Crippen molar-refractivity contribution in [1.82, 2.24) is 9.88 Å². The van der Waals surface area contributed by atoms with Gasteiger partial charge >= 0.3 is 0 Å². The van der Waals surface area contributed by atoms with Crippen LogP contribution in [0.4, 0.5) is 5.82 Å². The Bertz CT molecular complexity index is 363. The molecule has 94 valence electrons. The zero-order chi connectivity index (χ0) is 12.3. The fourth-order valence-corrected chi connectivity index (χ4v) is 2.44. The van der Waals surface area contributed by atoms with E-state index in [4.69, 9.17) is 0 Å². The summed E-state index contributed by atoms with van der Waals surface area (Å²) in [5, 5.41) is 12.4. The lowest BCUT2D eigenvalue weighted by Gasteiger charge is -2.34. The van der Waals surface area contributed by atoms with Gasteiger partial charge in [0.1, 0.15) is 5.82 Å². The molecule has 0 amide bonds. The molecule has 0 saturated heterocycles. The molecule has 0 aromatic carbocycles. The van der Waals surface area contributed by atoms with Crippen molar-refractivity contribution in [2.24, 2.45) is 5.92 Å². The third-order valence-electron chi connectivity index (χ3n) is 3.35. The van der Waals surface area contributed by atoms with Gasteiger partial charge in [0.2, 0.25) is 0 Å². The van der Waals surface area contributed by atoms with E-state index < -0.39 is 0 Å². The molecular weight excluding hydrogens is 214 g/mol. The van der Waals surface area contributed by atoms with Crippen LogP contribution in [0.25, 0.3) is 0 Å². The second-order valence-electron chi connectivity index (χ2n) is 4.95. The van der Waals surface area contributed by atoms with Crippen molar-refractivity contribution in [1.29, 1.82) is 0 Å². The third-order valence-corrected chi connectivity index (χ3v) is 3.35. The molecule has 0 radical (unpaired) electrons. The van der Waals surface area contributed by atoms with Gasteiger partial charge in [-0.05, 0) is 31.9 Å². The number of aliphatic hydroxyl groups is 1. The molecule has 1 saturated carbocycles. The number of hydrogen-bond donors (Lipinski definition) is 2. The van der Waals surface area contributed by atoms with Crippen LogP contribution in [0.5, 0.6) is 0 Å². The minimum absolute atomic E-state index is 0.0559. The van der Waals surface area contributed by atoms with E-state index in [1.807, 2.05) is 13.1 Å². The average molecular weight is 235 g/mol. The Morgan fingerprint density at radius 2 is 2.29 bits per heavy atom. The predicted molar refractivity (Wildman–Crippen MR) is 68.8 cm³/mol. The Hall–Kier alpha value is -1.13. The molecule has 2 rings (SSSR count). The molecule has 17 heavy (non-hydrogen) atoms. The normalized spacial score (nSPS) is 23.5. The molecule has 0 spiro atoms. The lowest BCUT2D eigenvalue weighted by Crippen LogP contribution is -2.36. The van der Waals surface area contributed by atoms with Crippen LogP contribution in [0.1, 0.15) is 18.4 Å². The summed E-state index contributed by atoms with van der Waals surface area (Å²) in [6.45, 7) is 1.95. The van der Waals surface area contributed by atoms with Gasteiger partial charge in [-0.1, -0.05) is 6.07 Å². The Morgan fingerprint density at radius 3 is 2.94 bits per heavy atom. The first-order chi connectivity index (χ1) is 8.19. The fourth-order valence-electron chi connectivity index (χ4n) is 2.44. The second kappa shape index (κ2) is 5.47. The van der Waals surface area contributed by atoms with E-state index in [1.54, 1.807) is 6.20 Å². The topological polar surface area (TPSA) is 48.4 Å². The summed E-state index contributed by atoms with van der Waals surface area (Å²) >= 11 is 0. The Morgan fingerprint density at radius 1 is 1.53 bits per heavy atom. The molecule has 4 nitrogen and oxygen atoms in total. The molecule has 2 N–H and O–H groups in total. The quantitative estimate of drug-likeness (QED) is 0.808. The lowest BCUT2D eigenvalue weighted by molar-refractivity contribution is 0.0274. The van der Waals surface area contributed by atoms with Crippen LogP contribution >= 0.6 is 0 Å². The highest BCUT2D eigenvalue weighted by Crippen LogP contribution is 2.28. The Labute approximate surface area is 103 Å². The van der Waals surface area contributed by atoms with Gasteiger partial charge in [0.15, 0.2) is 0 Å². The second-order valence-corrected chi connectivity index (χ2v) is 4.95. The SMILES string of the molecule is CNc1ncccc1CN(C)CC1CC(O)C1. The maximum absolute atomic E-state index is 9.26. The molecular formula is C13H21N3O. The van der Waals surface area contributed by atoms with Crippen LogP contribution in [-0.2, 0) is 6.54 Å². The van der Waals surface area contributed by atoms with E-state index in [0.29, 0.717) is 5.92 Å². The molecule has 1 heterocycles. The molecule has 0 aliphatic heterocycles. The van der Waals surface area contributed by atoms with Crippen molar-refractivity contribution >= 4 is 5.82 Å². The number of pyridine rings is 1. The van der Waals surface area contributed by atoms with Gasteiger partial charge in [-0.25, -0.2) is 4.98 Å². The zero-order valence-electron chi connectivity index (χ0n) is 10.6. The lowest BCUT2D eigenvalue weighted by atomic mass is 9.82. The highest BCUT2D eigenvalue weighted by Gasteiger charge is 2.27. The van der Waals surface area contributed by atoms with Gasteiger partial charge in [-0.2, -0.15) is 0 Å². The van der Waals surface area contributed by atoms with E-state index >= 15 is 0 Å². The molecule has 1 fully saturated rings. The summed E-state index contributed by atoms with van der Waals surface area (Å²) in [5.41, 5.74) is 1.22. The van der Waals surface area contributed by atoms with E-state index in [0.717, 1.165) is 31.7 Å². The Balaban J connectivity index is 1.86. The van der Waals surface area contributed by atoms with E-state index in [-0.39, 0.29) is 6.10 Å². The van der Waals surface area contributed by atoms with Crippen LogP contribution in [0, 0.1) is 5.92 Å². The summed E-state index contributed by atoms with van der Waals surface area (Å²) < 4.78 is 0. The van der Waals surface area contributed by atoms with Crippen molar-refractivity contribution in [2.45, 2.75) is 25.5 Å². The van der Waals surface area contributed by atoms with Crippen molar-refractivity contribution in [2.75, 3.05) is 26.0 Å². The molecule has 1 aromatic heterocycles. The molecule has 0 unspecified atom stereocenters. The molecule has 1 aliphatic carbocycles. The molecule has 1 aliphatic rings. The monoisotopic (exact) mass is 235 g/mol. The largest absolute Gasteiger partial charge is 0.393 e. The van der Waals surface area contributed by atoms with Gasteiger partial charge in [-0.15, -0.1) is 0 Å². The summed E-state index contributed by atoms with van der Waals surface area (Å²) in [6.07, 6.45) is 3.66.